The number of anilines is 2. The highest BCUT2D eigenvalue weighted by Gasteiger charge is 2.49. The highest BCUT2D eigenvalue weighted by atomic mass is 28.4. The second kappa shape index (κ2) is 13.9. The summed E-state index contributed by atoms with van der Waals surface area (Å²) in [5.74, 6) is 0.751. The summed E-state index contributed by atoms with van der Waals surface area (Å²) in [6, 6.07) is 29.6. The Morgan fingerprint density at radius 1 is 0.979 bits per heavy atom. The van der Waals surface area contributed by atoms with Crippen molar-refractivity contribution in [1.82, 2.24) is 4.90 Å². The number of aliphatic hydroxyl groups is 1. The highest BCUT2D eigenvalue weighted by Crippen LogP contribution is 2.50. The Bertz CT molecular complexity index is 1780. The zero-order chi connectivity index (χ0) is 34.0. The van der Waals surface area contributed by atoms with E-state index in [0.717, 1.165) is 11.1 Å². The Morgan fingerprint density at radius 3 is 2.38 bits per heavy atom. The number of carbonyl (C=O) groups is 2. The van der Waals surface area contributed by atoms with Crippen molar-refractivity contribution < 1.29 is 33.0 Å². The topological polar surface area (TPSA) is 88.5 Å². The third kappa shape index (κ3) is 6.60. The first kappa shape index (κ1) is 33.4. The standard InChI is InChI=1S/C38H41FN2O6Si/c1-25-36(45-2)29-22-27(41-30-15-9-11-17-33(30)46-31-16-10-8-14-28(31)38(41)44)18-19-32(29)47-37(25)34(48(3,4)39)23-35(43)40(20-21-42)24-26-12-6-5-7-13-26/h5-19,22,25,34,36-37,42H,20-21,23-24H2,1-4H3/t25-,34?,36-,37-/m0/s1. The van der Waals surface area contributed by atoms with Gasteiger partial charge in [-0.1, -0.05) is 61.5 Å². The Morgan fingerprint density at radius 2 is 1.67 bits per heavy atom. The van der Waals surface area contributed by atoms with Crippen LogP contribution >= 0.6 is 0 Å². The van der Waals surface area contributed by atoms with E-state index in [0.29, 0.717) is 40.7 Å². The third-order valence-corrected chi connectivity index (χ3v) is 11.6. The second-order valence-electron chi connectivity index (χ2n) is 12.9. The van der Waals surface area contributed by atoms with Gasteiger partial charge in [-0.05, 0) is 61.1 Å². The van der Waals surface area contributed by atoms with E-state index in [1.54, 1.807) is 54.3 Å². The molecule has 0 fully saturated rings. The number of hydrogen-bond acceptors (Lipinski definition) is 6. The molecule has 2 aliphatic heterocycles. The lowest BCUT2D eigenvalue weighted by Gasteiger charge is -2.43. The quantitative estimate of drug-likeness (QED) is 0.137. The van der Waals surface area contributed by atoms with Gasteiger partial charge in [0.1, 0.15) is 17.6 Å². The van der Waals surface area contributed by atoms with Crippen LogP contribution in [0.15, 0.2) is 97.1 Å². The van der Waals surface area contributed by atoms with Crippen LogP contribution in [0.2, 0.25) is 18.6 Å². The van der Waals surface area contributed by atoms with Crippen molar-refractivity contribution in [2.24, 2.45) is 5.92 Å². The molecule has 0 radical (unpaired) electrons. The van der Waals surface area contributed by atoms with Gasteiger partial charge in [0.25, 0.3) is 5.91 Å². The van der Waals surface area contributed by atoms with E-state index in [1.165, 1.54) is 0 Å². The number of para-hydroxylation sites is 3. The number of rotatable bonds is 10. The molecule has 2 amide bonds. The lowest BCUT2D eigenvalue weighted by atomic mass is 9.86. The summed E-state index contributed by atoms with van der Waals surface area (Å²) in [4.78, 5) is 31.0. The van der Waals surface area contributed by atoms with Crippen molar-refractivity contribution in [1.29, 1.82) is 0 Å². The Labute approximate surface area is 281 Å². The molecule has 8 nitrogen and oxygen atoms in total. The van der Waals surface area contributed by atoms with Crippen LogP contribution in [0.3, 0.4) is 0 Å². The molecule has 2 aliphatic rings. The molecular formula is C38H41FN2O6Si. The number of carbonyl (C=O) groups excluding carboxylic acids is 2. The summed E-state index contributed by atoms with van der Waals surface area (Å²) in [5, 5.41) is 9.74. The average molecular weight is 669 g/mol. The number of ether oxygens (including phenoxy) is 3. The van der Waals surface area contributed by atoms with Crippen molar-refractivity contribution in [3.63, 3.8) is 0 Å². The van der Waals surface area contributed by atoms with Crippen molar-refractivity contribution >= 4 is 31.6 Å². The molecule has 0 aromatic heterocycles. The van der Waals surface area contributed by atoms with Crippen molar-refractivity contribution in [2.45, 2.75) is 50.7 Å². The molecule has 1 unspecified atom stereocenters. The summed E-state index contributed by atoms with van der Waals surface area (Å²) in [6.45, 7) is 5.45. The predicted molar refractivity (Wildman–Crippen MR) is 185 cm³/mol. The van der Waals surface area contributed by atoms with Gasteiger partial charge in [0, 0.05) is 43.6 Å². The molecule has 2 heterocycles. The minimum Gasteiger partial charge on any atom is -0.490 e. The van der Waals surface area contributed by atoms with Gasteiger partial charge in [-0.2, -0.15) is 0 Å². The molecule has 0 bridgehead atoms. The van der Waals surface area contributed by atoms with Gasteiger partial charge in [0.05, 0.1) is 29.6 Å². The van der Waals surface area contributed by atoms with E-state index in [2.05, 4.69) is 0 Å². The van der Waals surface area contributed by atoms with E-state index in [4.69, 9.17) is 14.2 Å². The maximum atomic E-state index is 16.2. The van der Waals surface area contributed by atoms with Gasteiger partial charge < -0.3 is 28.3 Å². The third-order valence-electron chi connectivity index (χ3n) is 9.33. The molecule has 250 valence electrons. The zero-order valence-corrected chi connectivity index (χ0v) is 28.6. The molecule has 0 saturated carbocycles. The fourth-order valence-corrected chi connectivity index (χ4v) is 8.67. The summed E-state index contributed by atoms with van der Waals surface area (Å²) in [7, 11) is -1.88. The molecule has 1 N–H and O–H groups in total. The summed E-state index contributed by atoms with van der Waals surface area (Å²) >= 11 is 0. The number of nitrogens with zero attached hydrogens (tertiary/aromatic N) is 2. The summed E-state index contributed by atoms with van der Waals surface area (Å²) < 4.78 is 35.1. The number of aliphatic hydroxyl groups excluding tert-OH is 1. The van der Waals surface area contributed by atoms with Gasteiger partial charge in [0.2, 0.25) is 14.3 Å². The number of fused-ring (bicyclic) bond motifs is 3. The second-order valence-corrected chi connectivity index (χ2v) is 16.8. The van der Waals surface area contributed by atoms with Crippen LogP contribution in [0.5, 0.6) is 17.2 Å². The molecule has 48 heavy (non-hydrogen) atoms. The predicted octanol–water partition coefficient (Wildman–Crippen LogP) is 7.81. The van der Waals surface area contributed by atoms with E-state index in [9.17, 15) is 14.7 Å². The molecule has 0 spiro atoms. The maximum absolute atomic E-state index is 16.2. The fourth-order valence-electron chi connectivity index (χ4n) is 6.85. The number of hydrogen-bond donors (Lipinski definition) is 1. The zero-order valence-electron chi connectivity index (χ0n) is 27.6. The fraction of sp³-hybridized carbons (Fsp3) is 0.316. The first-order chi connectivity index (χ1) is 23.1. The Hall–Kier alpha value is -4.51. The van der Waals surface area contributed by atoms with Crippen LogP contribution in [0.25, 0.3) is 0 Å². The lowest BCUT2D eigenvalue weighted by Crippen LogP contribution is -2.48. The average Bonchev–Trinajstić information content (AvgIpc) is 3.20. The minimum absolute atomic E-state index is 0.0557. The van der Waals surface area contributed by atoms with Crippen molar-refractivity contribution in [2.75, 3.05) is 25.2 Å². The van der Waals surface area contributed by atoms with Gasteiger partial charge >= 0.3 is 0 Å². The normalized spacial score (nSPS) is 19.2. The number of amides is 2. The van der Waals surface area contributed by atoms with Crippen LogP contribution in [-0.2, 0) is 16.1 Å². The molecule has 4 atom stereocenters. The summed E-state index contributed by atoms with van der Waals surface area (Å²) in [5.41, 5.74) is 2.62. The van der Waals surface area contributed by atoms with Crippen molar-refractivity contribution in [3.8, 4) is 17.2 Å². The van der Waals surface area contributed by atoms with Crippen molar-refractivity contribution in [3.05, 3.63) is 114 Å². The SMILES string of the molecule is CO[C@@H]1c2cc(N3C(=O)c4ccccc4Oc4ccccc43)ccc2O[C@H](C(CC(=O)N(CCO)Cc2ccccc2)[Si](C)(C)F)[C@H]1C. The van der Waals surface area contributed by atoms with Gasteiger partial charge in [-0.25, -0.2) is 0 Å². The number of halogens is 1. The molecular weight excluding hydrogens is 628 g/mol. The molecule has 6 rings (SSSR count). The lowest BCUT2D eigenvalue weighted by molar-refractivity contribution is -0.133. The molecule has 0 aliphatic carbocycles. The maximum Gasteiger partial charge on any atom is 0.266 e. The Kier molecular flexibility index (Phi) is 9.68. The first-order valence-electron chi connectivity index (χ1n) is 16.3. The van der Waals surface area contributed by atoms with E-state index in [-0.39, 0.29) is 37.3 Å². The van der Waals surface area contributed by atoms with E-state index in [1.807, 2.05) is 79.7 Å². The summed E-state index contributed by atoms with van der Waals surface area (Å²) in [6.07, 6.45) is -1.19. The van der Waals surface area contributed by atoms with Crippen LogP contribution in [-0.4, -0.2) is 56.6 Å². The van der Waals surface area contributed by atoms with E-state index >= 15 is 4.11 Å². The van der Waals surface area contributed by atoms with Gasteiger partial charge in [-0.15, -0.1) is 0 Å². The van der Waals surface area contributed by atoms with Gasteiger partial charge in [-0.3, -0.25) is 14.5 Å². The minimum atomic E-state index is -3.49. The molecule has 4 aromatic carbocycles. The Balaban J connectivity index is 1.33. The van der Waals surface area contributed by atoms with Crippen LogP contribution in [0, 0.1) is 5.92 Å². The highest BCUT2D eigenvalue weighted by molar-refractivity contribution is 6.72. The molecule has 10 heteroatoms. The first-order valence-corrected chi connectivity index (χ1v) is 19.2. The molecule has 4 aromatic rings. The van der Waals surface area contributed by atoms with E-state index < -0.39 is 26.2 Å². The number of benzene rings is 4. The molecule has 0 saturated heterocycles. The smallest absolute Gasteiger partial charge is 0.266 e. The van der Waals surface area contributed by atoms with Crippen LogP contribution in [0.4, 0.5) is 15.5 Å². The van der Waals surface area contributed by atoms with Crippen LogP contribution < -0.4 is 14.4 Å². The van der Waals surface area contributed by atoms with Crippen LogP contribution in [0.1, 0.15) is 40.9 Å². The monoisotopic (exact) mass is 668 g/mol. The van der Waals surface area contributed by atoms with Gasteiger partial charge in [0.15, 0.2) is 5.75 Å². The number of methoxy groups -OCH3 is 1. The largest absolute Gasteiger partial charge is 0.490 e.